The second kappa shape index (κ2) is 10.7. The van der Waals surface area contributed by atoms with Crippen molar-refractivity contribution in [2.45, 2.75) is 39.5 Å². The minimum Gasteiger partial charge on any atom is -0.497 e. The van der Waals surface area contributed by atoms with E-state index in [-0.39, 0.29) is 5.91 Å². The van der Waals surface area contributed by atoms with Gasteiger partial charge in [0.25, 0.3) is 0 Å². The van der Waals surface area contributed by atoms with Crippen LogP contribution in [0.1, 0.15) is 45.1 Å². The van der Waals surface area contributed by atoms with Gasteiger partial charge in [0.2, 0.25) is 5.91 Å². The molecule has 0 aromatic heterocycles. The molecule has 0 aliphatic rings. The number of methoxy groups -OCH3 is 2. The second-order valence-electron chi connectivity index (χ2n) is 5.60. The summed E-state index contributed by atoms with van der Waals surface area (Å²) >= 11 is 0. The number of ether oxygens (including phenoxy) is 2. The number of amides is 1. The Bertz CT molecular complexity index is 511. The molecule has 0 radical (unpaired) electrons. The zero-order chi connectivity index (χ0) is 17.1. The van der Waals surface area contributed by atoms with E-state index in [1.165, 1.54) is 19.3 Å². The van der Waals surface area contributed by atoms with Crippen molar-refractivity contribution in [1.29, 1.82) is 0 Å². The minimum absolute atomic E-state index is 0.0789. The molecule has 4 nitrogen and oxygen atoms in total. The van der Waals surface area contributed by atoms with Gasteiger partial charge in [-0.1, -0.05) is 33.1 Å². The zero-order valence-corrected chi connectivity index (χ0v) is 14.7. The van der Waals surface area contributed by atoms with E-state index in [2.05, 4.69) is 19.2 Å². The third-order valence-corrected chi connectivity index (χ3v) is 3.96. The van der Waals surface area contributed by atoms with E-state index in [0.29, 0.717) is 11.7 Å². The summed E-state index contributed by atoms with van der Waals surface area (Å²) < 4.78 is 10.5. The molecule has 1 aromatic carbocycles. The van der Waals surface area contributed by atoms with Crippen LogP contribution in [0.4, 0.5) is 0 Å². The van der Waals surface area contributed by atoms with E-state index in [9.17, 15) is 4.79 Å². The lowest BCUT2D eigenvalue weighted by atomic mass is 9.99. The molecule has 0 saturated carbocycles. The number of carbonyl (C=O) groups is 1. The quantitative estimate of drug-likeness (QED) is 0.662. The van der Waals surface area contributed by atoms with Crippen LogP contribution in [0.2, 0.25) is 0 Å². The Morgan fingerprint density at radius 2 is 2.04 bits per heavy atom. The molecule has 1 N–H and O–H groups in total. The molecule has 0 aliphatic heterocycles. The average Bonchev–Trinajstić information content (AvgIpc) is 2.59. The highest BCUT2D eigenvalue weighted by Gasteiger charge is 2.07. The number of benzene rings is 1. The van der Waals surface area contributed by atoms with E-state index >= 15 is 0 Å². The summed E-state index contributed by atoms with van der Waals surface area (Å²) in [6.07, 6.45) is 7.97. The van der Waals surface area contributed by atoms with Crippen molar-refractivity contribution in [2.75, 3.05) is 20.8 Å². The summed E-state index contributed by atoms with van der Waals surface area (Å²) in [6.45, 7) is 5.09. The lowest BCUT2D eigenvalue weighted by Crippen LogP contribution is -2.27. The first-order valence-corrected chi connectivity index (χ1v) is 8.32. The van der Waals surface area contributed by atoms with E-state index in [1.807, 2.05) is 18.2 Å². The Morgan fingerprint density at radius 1 is 1.26 bits per heavy atom. The van der Waals surface area contributed by atoms with Gasteiger partial charge >= 0.3 is 0 Å². The van der Waals surface area contributed by atoms with Crippen molar-refractivity contribution in [3.8, 4) is 11.5 Å². The SMILES string of the molecule is CCCC[C@@H](CC)CNC(=O)/C=C/c1cc(OC)ccc1OC. The van der Waals surface area contributed by atoms with Crippen LogP contribution in [0.15, 0.2) is 24.3 Å². The number of nitrogens with one attached hydrogen (secondary N) is 1. The van der Waals surface area contributed by atoms with Crippen LogP contribution < -0.4 is 14.8 Å². The van der Waals surface area contributed by atoms with Crippen molar-refractivity contribution in [1.82, 2.24) is 5.32 Å². The lowest BCUT2D eigenvalue weighted by molar-refractivity contribution is -0.116. The third kappa shape index (κ3) is 6.76. The second-order valence-corrected chi connectivity index (χ2v) is 5.60. The van der Waals surface area contributed by atoms with Gasteiger partial charge in [0.15, 0.2) is 0 Å². The molecule has 0 saturated heterocycles. The highest BCUT2D eigenvalue weighted by atomic mass is 16.5. The molecule has 4 heteroatoms. The van der Waals surface area contributed by atoms with Crippen molar-refractivity contribution in [3.63, 3.8) is 0 Å². The van der Waals surface area contributed by atoms with Gasteiger partial charge in [-0.05, 0) is 36.6 Å². The Labute approximate surface area is 139 Å². The molecule has 0 fully saturated rings. The Hall–Kier alpha value is -1.97. The number of hydrogen-bond donors (Lipinski definition) is 1. The molecule has 0 unspecified atom stereocenters. The first kappa shape index (κ1) is 19.1. The van der Waals surface area contributed by atoms with Gasteiger partial charge in [0.05, 0.1) is 14.2 Å². The average molecular weight is 319 g/mol. The number of rotatable bonds is 10. The fraction of sp³-hybridized carbons (Fsp3) is 0.526. The molecule has 0 heterocycles. The van der Waals surface area contributed by atoms with Gasteiger partial charge < -0.3 is 14.8 Å². The van der Waals surface area contributed by atoms with Crippen LogP contribution in [0.25, 0.3) is 6.08 Å². The molecular weight excluding hydrogens is 290 g/mol. The standard InChI is InChI=1S/C19H29NO3/c1-5-7-8-15(6-2)14-20-19(21)12-9-16-13-17(22-3)10-11-18(16)23-4/h9-13,15H,5-8,14H2,1-4H3,(H,20,21)/b12-9+/t15-/m1/s1. The van der Waals surface area contributed by atoms with E-state index in [4.69, 9.17) is 9.47 Å². The van der Waals surface area contributed by atoms with Crippen molar-refractivity contribution in [3.05, 3.63) is 29.8 Å². The van der Waals surface area contributed by atoms with E-state index in [0.717, 1.165) is 24.3 Å². The number of hydrogen-bond acceptors (Lipinski definition) is 3. The van der Waals surface area contributed by atoms with Crippen molar-refractivity contribution < 1.29 is 14.3 Å². The monoisotopic (exact) mass is 319 g/mol. The third-order valence-electron chi connectivity index (χ3n) is 3.96. The summed E-state index contributed by atoms with van der Waals surface area (Å²) in [6, 6.07) is 5.50. The van der Waals surface area contributed by atoms with Crippen molar-refractivity contribution in [2.24, 2.45) is 5.92 Å². The largest absolute Gasteiger partial charge is 0.497 e. The Balaban J connectivity index is 2.60. The maximum Gasteiger partial charge on any atom is 0.244 e. The fourth-order valence-electron chi connectivity index (χ4n) is 2.38. The first-order chi connectivity index (χ1) is 11.1. The summed E-state index contributed by atoms with van der Waals surface area (Å²) in [5, 5.41) is 2.98. The van der Waals surface area contributed by atoms with Gasteiger partial charge in [0.1, 0.15) is 11.5 Å². The molecule has 128 valence electrons. The van der Waals surface area contributed by atoms with Crippen molar-refractivity contribution >= 4 is 12.0 Å². The molecule has 1 atom stereocenters. The zero-order valence-electron chi connectivity index (χ0n) is 14.7. The number of unbranched alkanes of at least 4 members (excludes halogenated alkanes) is 1. The van der Waals surface area contributed by atoms with E-state index < -0.39 is 0 Å². The van der Waals surface area contributed by atoms with E-state index in [1.54, 1.807) is 26.4 Å². The molecule has 0 bridgehead atoms. The molecule has 0 spiro atoms. The molecule has 1 aromatic rings. The van der Waals surface area contributed by atoms with Gasteiger partial charge in [-0.25, -0.2) is 0 Å². The summed E-state index contributed by atoms with van der Waals surface area (Å²) in [4.78, 5) is 12.0. The van der Waals surface area contributed by atoms with Crippen LogP contribution in [-0.2, 0) is 4.79 Å². The van der Waals surface area contributed by atoms with Gasteiger partial charge in [-0.15, -0.1) is 0 Å². The van der Waals surface area contributed by atoms with Gasteiger partial charge in [-0.3, -0.25) is 4.79 Å². The highest BCUT2D eigenvalue weighted by Crippen LogP contribution is 2.25. The van der Waals surface area contributed by atoms with Crippen LogP contribution in [0, 0.1) is 5.92 Å². The molecule has 1 amide bonds. The maximum atomic E-state index is 12.0. The van der Waals surface area contributed by atoms with Gasteiger partial charge in [-0.2, -0.15) is 0 Å². The maximum absolute atomic E-state index is 12.0. The Kier molecular flexibility index (Phi) is 8.88. The van der Waals surface area contributed by atoms with Crippen LogP contribution in [0.3, 0.4) is 0 Å². The summed E-state index contributed by atoms with van der Waals surface area (Å²) in [7, 11) is 3.22. The Morgan fingerprint density at radius 3 is 2.65 bits per heavy atom. The van der Waals surface area contributed by atoms with Gasteiger partial charge in [0, 0.05) is 18.2 Å². The molecular formula is C19H29NO3. The minimum atomic E-state index is -0.0789. The molecule has 1 rings (SSSR count). The fourth-order valence-corrected chi connectivity index (χ4v) is 2.38. The summed E-state index contributed by atoms with van der Waals surface area (Å²) in [5.41, 5.74) is 0.819. The van der Waals surface area contributed by atoms with Crippen LogP contribution in [0.5, 0.6) is 11.5 Å². The van der Waals surface area contributed by atoms with Crippen LogP contribution in [-0.4, -0.2) is 26.7 Å². The predicted molar refractivity (Wildman–Crippen MR) is 94.9 cm³/mol. The molecule has 0 aliphatic carbocycles. The predicted octanol–water partition coefficient (Wildman–Crippen LogP) is 4.05. The normalized spacial score (nSPS) is 12.2. The topological polar surface area (TPSA) is 47.6 Å². The first-order valence-electron chi connectivity index (χ1n) is 8.32. The smallest absolute Gasteiger partial charge is 0.244 e. The van der Waals surface area contributed by atoms with Crippen LogP contribution >= 0.6 is 0 Å². The number of carbonyl (C=O) groups excluding carboxylic acids is 1. The molecule has 23 heavy (non-hydrogen) atoms. The summed E-state index contributed by atoms with van der Waals surface area (Å²) in [5.74, 6) is 1.92. The highest BCUT2D eigenvalue weighted by molar-refractivity contribution is 5.92. The lowest BCUT2D eigenvalue weighted by Gasteiger charge is -2.14.